The molecule has 8 atom stereocenters. The van der Waals surface area contributed by atoms with Crippen molar-refractivity contribution in [1.82, 2.24) is 0 Å². The van der Waals surface area contributed by atoms with Crippen LogP contribution in [0.15, 0.2) is 11.6 Å². The van der Waals surface area contributed by atoms with Crippen molar-refractivity contribution in [2.75, 3.05) is 0 Å². The molecule has 0 spiro atoms. The van der Waals surface area contributed by atoms with Gasteiger partial charge in [0, 0.05) is 11.8 Å². The lowest BCUT2D eigenvalue weighted by atomic mass is 9.33. The largest absolute Gasteiger partial charge is 0.299 e. The van der Waals surface area contributed by atoms with E-state index in [0.717, 1.165) is 36.5 Å². The zero-order chi connectivity index (χ0) is 22.6. The summed E-state index contributed by atoms with van der Waals surface area (Å²) in [6.45, 7) is 20.2. The van der Waals surface area contributed by atoms with Crippen LogP contribution in [0.25, 0.3) is 0 Å². The smallest absolute Gasteiger partial charge is 0.142 e. The molecule has 0 aromatic heterocycles. The Labute approximate surface area is 192 Å². The Morgan fingerprint density at radius 1 is 0.871 bits per heavy atom. The molecule has 0 amide bonds. The Bertz CT molecular complexity index is 818. The molecule has 5 aliphatic rings. The molecule has 0 unspecified atom stereocenters. The van der Waals surface area contributed by atoms with Crippen LogP contribution < -0.4 is 0 Å². The van der Waals surface area contributed by atoms with Crippen molar-refractivity contribution in [2.45, 2.75) is 113 Å². The second-order valence-electron chi connectivity index (χ2n) is 14.5. The zero-order valence-electron chi connectivity index (χ0n) is 21.7. The molecule has 31 heavy (non-hydrogen) atoms. The molecule has 4 fully saturated rings. The summed E-state index contributed by atoms with van der Waals surface area (Å²) in [5.41, 5.74) is 3.09. The Kier molecular flexibility index (Phi) is 4.66. The van der Waals surface area contributed by atoms with E-state index in [9.17, 15) is 4.79 Å². The van der Waals surface area contributed by atoms with E-state index in [1.165, 1.54) is 50.5 Å². The van der Waals surface area contributed by atoms with Crippen molar-refractivity contribution < 1.29 is 4.79 Å². The average Bonchev–Trinajstić information content (AvgIpc) is 3.06. The predicted octanol–water partition coefficient (Wildman–Crippen LogP) is 8.23. The molecule has 174 valence electrons. The van der Waals surface area contributed by atoms with Crippen LogP contribution in [-0.4, -0.2) is 5.78 Å². The first-order valence-corrected chi connectivity index (χ1v) is 13.6. The van der Waals surface area contributed by atoms with E-state index in [1.54, 1.807) is 0 Å². The van der Waals surface area contributed by atoms with E-state index < -0.39 is 0 Å². The molecule has 1 nitrogen and oxygen atoms in total. The topological polar surface area (TPSA) is 17.1 Å². The maximum absolute atomic E-state index is 12.8. The first kappa shape index (κ1) is 22.2. The minimum absolute atomic E-state index is 0.238. The molecule has 0 aromatic rings. The number of ketones is 1. The van der Waals surface area contributed by atoms with Crippen molar-refractivity contribution in [3.8, 4) is 0 Å². The number of carbonyl (C=O) groups excluding carboxylic acids is 1. The summed E-state index contributed by atoms with van der Waals surface area (Å²) in [5.74, 6) is 4.47. The van der Waals surface area contributed by atoms with Crippen molar-refractivity contribution in [3.05, 3.63) is 11.6 Å². The van der Waals surface area contributed by atoms with Gasteiger partial charge in [-0.15, -0.1) is 0 Å². The second-order valence-corrected chi connectivity index (χ2v) is 14.5. The summed E-state index contributed by atoms with van der Waals surface area (Å²) in [5, 5.41) is 0. The summed E-state index contributed by atoms with van der Waals surface area (Å²) in [6.07, 6.45) is 14.2. The lowest BCUT2D eigenvalue weighted by Crippen LogP contribution is -2.64. The minimum atomic E-state index is -0.238. The lowest BCUT2D eigenvalue weighted by molar-refractivity contribution is -0.216. The van der Waals surface area contributed by atoms with E-state index in [0.29, 0.717) is 33.4 Å². The molecule has 5 aliphatic carbocycles. The highest BCUT2D eigenvalue weighted by Gasteiger charge is 2.70. The summed E-state index contributed by atoms with van der Waals surface area (Å²) in [4.78, 5) is 12.8. The van der Waals surface area contributed by atoms with Gasteiger partial charge >= 0.3 is 0 Å². The number of carbonyl (C=O) groups is 1. The Balaban J connectivity index is 1.59. The van der Waals surface area contributed by atoms with Crippen molar-refractivity contribution in [1.29, 1.82) is 0 Å². The lowest BCUT2D eigenvalue weighted by Gasteiger charge is -2.71. The van der Waals surface area contributed by atoms with Gasteiger partial charge in [-0.05, 0) is 116 Å². The SMILES string of the molecule is CC(C)[C@@H]1CC[C@@]2(C)CC[C@@]3(C)[C@@H]4CC=C5[C@H](CCC(=O)C5(C)C)[C@]4(C)CC[C@]3(C)[C@@H]12. The van der Waals surface area contributed by atoms with Gasteiger partial charge in [0.1, 0.15) is 5.78 Å². The fourth-order valence-electron chi connectivity index (χ4n) is 10.8. The van der Waals surface area contributed by atoms with Crippen molar-refractivity contribution in [3.63, 3.8) is 0 Å². The standard InChI is InChI=1S/C30H48O/c1-19(2)20-13-14-27(5)15-17-29(7)23-11-9-21-22(10-12-24(31)26(21,3)4)28(23,6)16-18-30(29,8)25(20)27/h9,19-20,22-23,25H,10-18H2,1-8H3/t20-,22-,23+,25-,27-,28-,29-,30+/m0/s1. The molecule has 1 heteroatoms. The maximum atomic E-state index is 12.8. The number of allylic oxidation sites excluding steroid dienone is 2. The van der Waals surface area contributed by atoms with Crippen LogP contribution in [0.3, 0.4) is 0 Å². The number of fused-ring (bicyclic) bond motifs is 7. The molecule has 4 saturated carbocycles. The van der Waals surface area contributed by atoms with Gasteiger partial charge in [0.05, 0.1) is 0 Å². The quantitative estimate of drug-likeness (QED) is 0.387. The third-order valence-corrected chi connectivity index (χ3v) is 12.9. The van der Waals surface area contributed by atoms with E-state index in [2.05, 4.69) is 61.5 Å². The van der Waals surface area contributed by atoms with Crippen LogP contribution in [-0.2, 0) is 4.79 Å². The van der Waals surface area contributed by atoms with Crippen LogP contribution in [0, 0.1) is 56.7 Å². The van der Waals surface area contributed by atoms with Gasteiger partial charge in [0.2, 0.25) is 0 Å². The number of hydrogen-bond acceptors (Lipinski definition) is 1. The first-order valence-electron chi connectivity index (χ1n) is 13.6. The molecular formula is C30H48O. The molecule has 0 aliphatic heterocycles. The van der Waals surface area contributed by atoms with E-state index in [4.69, 9.17) is 0 Å². The second kappa shape index (κ2) is 6.50. The van der Waals surface area contributed by atoms with Crippen LogP contribution >= 0.6 is 0 Å². The van der Waals surface area contributed by atoms with Gasteiger partial charge < -0.3 is 0 Å². The highest BCUT2D eigenvalue weighted by Crippen LogP contribution is 2.77. The van der Waals surface area contributed by atoms with Crippen molar-refractivity contribution >= 4 is 5.78 Å². The maximum Gasteiger partial charge on any atom is 0.142 e. The van der Waals surface area contributed by atoms with Gasteiger partial charge in [0.15, 0.2) is 0 Å². The predicted molar refractivity (Wildman–Crippen MR) is 130 cm³/mol. The van der Waals surface area contributed by atoms with Crippen LogP contribution in [0.4, 0.5) is 0 Å². The summed E-state index contributed by atoms with van der Waals surface area (Å²) >= 11 is 0. The summed E-state index contributed by atoms with van der Waals surface area (Å²) in [6, 6.07) is 0. The average molecular weight is 425 g/mol. The van der Waals surface area contributed by atoms with Gasteiger partial charge in [-0.3, -0.25) is 4.79 Å². The Morgan fingerprint density at radius 2 is 1.55 bits per heavy atom. The molecule has 0 heterocycles. The van der Waals surface area contributed by atoms with Crippen molar-refractivity contribution in [2.24, 2.45) is 56.7 Å². The molecule has 5 rings (SSSR count). The molecule has 0 bridgehead atoms. The van der Waals surface area contributed by atoms with Crippen LogP contribution in [0.5, 0.6) is 0 Å². The number of rotatable bonds is 1. The van der Waals surface area contributed by atoms with Gasteiger partial charge in [0.25, 0.3) is 0 Å². The van der Waals surface area contributed by atoms with E-state index >= 15 is 0 Å². The third kappa shape index (κ3) is 2.59. The number of Topliss-reactive ketones (excluding diaryl/α,β-unsaturated/α-hetero) is 1. The fraction of sp³-hybridized carbons (Fsp3) is 0.900. The highest BCUT2D eigenvalue weighted by molar-refractivity contribution is 5.88. The fourth-order valence-corrected chi connectivity index (χ4v) is 10.8. The molecule has 0 saturated heterocycles. The molecule has 0 aromatic carbocycles. The molecular weight excluding hydrogens is 376 g/mol. The highest BCUT2D eigenvalue weighted by atomic mass is 16.1. The Morgan fingerprint density at radius 3 is 2.23 bits per heavy atom. The summed E-state index contributed by atoms with van der Waals surface area (Å²) in [7, 11) is 0. The molecule has 0 radical (unpaired) electrons. The zero-order valence-corrected chi connectivity index (χ0v) is 21.7. The summed E-state index contributed by atoms with van der Waals surface area (Å²) < 4.78 is 0. The monoisotopic (exact) mass is 424 g/mol. The van der Waals surface area contributed by atoms with E-state index in [1.807, 2.05) is 0 Å². The first-order chi connectivity index (χ1) is 14.3. The third-order valence-electron chi connectivity index (χ3n) is 12.9. The molecule has 0 N–H and O–H groups in total. The number of hydrogen-bond donors (Lipinski definition) is 0. The normalized spacial score (nSPS) is 53.3. The van der Waals surface area contributed by atoms with Gasteiger partial charge in [-0.1, -0.05) is 53.2 Å². The minimum Gasteiger partial charge on any atom is -0.299 e. The van der Waals surface area contributed by atoms with Crippen LogP contribution in [0.2, 0.25) is 0 Å². The van der Waals surface area contributed by atoms with E-state index in [-0.39, 0.29) is 5.41 Å². The van der Waals surface area contributed by atoms with Crippen LogP contribution in [0.1, 0.15) is 113 Å². The van der Waals surface area contributed by atoms with Gasteiger partial charge in [-0.25, -0.2) is 0 Å². The Hall–Kier alpha value is -0.590. The van der Waals surface area contributed by atoms with Gasteiger partial charge in [-0.2, -0.15) is 0 Å².